The molecule has 0 spiro atoms. The number of hydrogen-bond acceptors (Lipinski definition) is 3. The first-order valence-corrected chi connectivity index (χ1v) is 5.14. The van der Waals surface area contributed by atoms with E-state index in [2.05, 4.69) is 0 Å². The van der Waals surface area contributed by atoms with Crippen LogP contribution in [0.15, 0.2) is 10.2 Å². The Bertz CT molecular complexity index is 371. The Labute approximate surface area is 110 Å². The van der Waals surface area contributed by atoms with Gasteiger partial charge in [0.05, 0.1) is 0 Å². The zero-order valence-corrected chi connectivity index (χ0v) is 9.65. The average Bonchev–Trinajstić information content (AvgIpc) is 2.54. The summed E-state index contributed by atoms with van der Waals surface area (Å²) in [6, 6.07) is 0. The third-order valence-corrected chi connectivity index (χ3v) is 3.84. The summed E-state index contributed by atoms with van der Waals surface area (Å²) in [5.74, 6) is 0. The minimum absolute atomic E-state index is 1.29. The highest BCUT2D eigenvalue weighted by atomic mass is 32.2. The van der Waals surface area contributed by atoms with E-state index in [9.17, 15) is 52.7 Å². The van der Waals surface area contributed by atoms with Gasteiger partial charge in [-0.2, -0.15) is 62.9 Å². The summed E-state index contributed by atoms with van der Waals surface area (Å²) < 4.78 is 149. The van der Waals surface area contributed by atoms with E-state index in [1.54, 1.807) is 0 Å². The SMILES string of the molecule is FC(F)(F)C1(C(F)(F)F)N=NC(C(F)(F)F)(C(F)(F)F)S1. The quantitative estimate of drug-likeness (QED) is 0.568. The smallest absolute Gasteiger partial charge is 0.167 e. The molecule has 15 heteroatoms. The molecule has 0 saturated heterocycles. The molecular formula is C6F12N2S. The number of azo groups is 1. The van der Waals surface area contributed by atoms with E-state index in [-0.39, 0.29) is 0 Å². The third kappa shape index (κ3) is 2.42. The molecule has 0 radical (unpaired) electrons. The van der Waals surface area contributed by atoms with Crippen LogP contribution in [0.3, 0.4) is 0 Å². The number of halogens is 12. The van der Waals surface area contributed by atoms with Gasteiger partial charge in [0.25, 0.3) is 0 Å². The van der Waals surface area contributed by atoms with Crippen molar-refractivity contribution in [3.8, 4) is 0 Å². The zero-order valence-electron chi connectivity index (χ0n) is 8.84. The van der Waals surface area contributed by atoms with Gasteiger partial charge in [0, 0.05) is 0 Å². The van der Waals surface area contributed by atoms with Crippen LogP contribution in [0.1, 0.15) is 0 Å². The van der Waals surface area contributed by atoms with E-state index in [1.165, 1.54) is 10.2 Å². The third-order valence-electron chi connectivity index (χ3n) is 2.16. The van der Waals surface area contributed by atoms with Gasteiger partial charge in [-0.25, -0.2) is 0 Å². The van der Waals surface area contributed by atoms with Gasteiger partial charge in [0.15, 0.2) is 0 Å². The lowest BCUT2D eigenvalue weighted by Gasteiger charge is -2.34. The van der Waals surface area contributed by atoms with Crippen LogP contribution in [0.2, 0.25) is 0 Å². The molecule has 0 aliphatic carbocycles. The molecule has 1 heterocycles. The molecule has 1 aliphatic rings. The van der Waals surface area contributed by atoms with Gasteiger partial charge in [-0.1, -0.05) is 11.8 Å². The molecule has 21 heavy (non-hydrogen) atoms. The maximum Gasteiger partial charge on any atom is 0.434 e. The lowest BCUT2D eigenvalue weighted by Crippen LogP contribution is -2.57. The predicted molar refractivity (Wildman–Crippen MR) is 42.1 cm³/mol. The summed E-state index contributed by atoms with van der Waals surface area (Å²) in [6.45, 7) is 0. The molecule has 2 nitrogen and oxygen atoms in total. The monoisotopic (exact) mass is 360 g/mol. The Kier molecular flexibility index (Phi) is 3.73. The molecule has 1 aliphatic heterocycles. The van der Waals surface area contributed by atoms with Crippen LogP contribution in [-0.2, 0) is 0 Å². The number of nitrogens with zero attached hydrogens (tertiary/aromatic N) is 2. The van der Waals surface area contributed by atoms with E-state index in [0.29, 0.717) is 0 Å². The average molecular weight is 360 g/mol. The molecule has 1 rings (SSSR count). The largest absolute Gasteiger partial charge is 0.434 e. The number of thioether (sulfide) groups is 1. The Morgan fingerprint density at radius 3 is 0.762 bits per heavy atom. The van der Waals surface area contributed by atoms with Crippen LogP contribution in [0.4, 0.5) is 52.7 Å². The van der Waals surface area contributed by atoms with E-state index < -0.39 is 46.2 Å². The van der Waals surface area contributed by atoms with E-state index >= 15 is 0 Å². The highest BCUT2D eigenvalue weighted by Crippen LogP contribution is 2.67. The van der Waals surface area contributed by atoms with Crippen LogP contribution >= 0.6 is 11.8 Å². The maximum absolute atomic E-state index is 12.4. The molecule has 0 aromatic rings. The Hall–Kier alpha value is -0.890. The number of hydrogen-bond donors (Lipinski definition) is 0. The topological polar surface area (TPSA) is 24.7 Å². The normalized spacial score (nSPS) is 22.7. The van der Waals surface area contributed by atoms with Gasteiger partial charge < -0.3 is 0 Å². The first-order chi connectivity index (χ1) is 8.91. The molecule has 0 fully saturated rings. The van der Waals surface area contributed by atoms with Gasteiger partial charge in [-0.05, 0) is 0 Å². The summed E-state index contributed by atoms with van der Waals surface area (Å²) >= 11 is -2.50. The maximum atomic E-state index is 12.4. The van der Waals surface area contributed by atoms with Crippen molar-refractivity contribution in [1.29, 1.82) is 0 Å². The lowest BCUT2D eigenvalue weighted by molar-refractivity contribution is -0.263. The number of alkyl halides is 12. The Morgan fingerprint density at radius 2 is 0.667 bits per heavy atom. The van der Waals surface area contributed by atoms with Crippen molar-refractivity contribution in [2.75, 3.05) is 0 Å². The van der Waals surface area contributed by atoms with Crippen LogP contribution in [0.25, 0.3) is 0 Å². The van der Waals surface area contributed by atoms with Crippen molar-refractivity contribution in [2.24, 2.45) is 10.2 Å². The van der Waals surface area contributed by atoms with Gasteiger partial charge in [-0.3, -0.25) is 0 Å². The molecule has 0 unspecified atom stereocenters. The van der Waals surface area contributed by atoms with Crippen LogP contribution in [-0.4, -0.2) is 34.4 Å². The summed E-state index contributed by atoms with van der Waals surface area (Å²) in [4.78, 5) is -11.3. The fourth-order valence-corrected chi connectivity index (χ4v) is 2.23. The van der Waals surface area contributed by atoms with Crippen molar-refractivity contribution in [3.63, 3.8) is 0 Å². The molecule has 124 valence electrons. The standard InChI is InChI=1S/C6F12N2S/c7-3(8,9)1(4(10,11)12)19-20-2(21-1,5(13,14)15)6(16,17)18. The fourth-order valence-electron chi connectivity index (χ4n) is 1.18. The Morgan fingerprint density at radius 1 is 0.476 bits per heavy atom. The van der Waals surface area contributed by atoms with Crippen molar-refractivity contribution in [3.05, 3.63) is 0 Å². The minimum Gasteiger partial charge on any atom is -0.167 e. The highest BCUT2D eigenvalue weighted by molar-refractivity contribution is 8.02. The Balaban J connectivity index is 3.55. The van der Waals surface area contributed by atoms with Crippen molar-refractivity contribution in [1.82, 2.24) is 0 Å². The first-order valence-electron chi connectivity index (χ1n) is 4.32. The summed E-state index contributed by atoms with van der Waals surface area (Å²) in [7, 11) is 0. The second-order valence-electron chi connectivity index (χ2n) is 3.58. The van der Waals surface area contributed by atoms with Gasteiger partial charge in [0.1, 0.15) is 0 Å². The van der Waals surface area contributed by atoms with E-state index in [4.69, 9.17) is 0 Å². The van der Waals surface area contributed by atoms with Gasteiger partial charge in [-0.15, -0.1) is 0 Å². The molecule has 0 amide bonds. The van der Waals surface area contributed by atoms with E-state index in [0.717, 1.165) is 0 Å². The van der Waals surface area contributed by atoms with Crippen molar-refractivity contribution in [2.45, 2.75) is 34.4 Å². The van der Waals surface area contributed by atoms with Crippen LogP contribution in [0.5, 0.6) is 0 Å². The summed E-state index contributed by atoms with van der Waals surface area (Å²) in [5.41, 5.74) is 0. The number of rotatable bonds is 0. The lowest BCUT2D eigenvalue weighted by atomic mass is 10.3. The molecule has 0 atom stereocenters. The van der Waals surface area contributed by atoms with Crippen LogP contribution in [0, 0.1) is 0 Å². The van der Waals surface area contributed by atoms with E-state index in [1.807, 2.05) is 0 Å². The molecule has 0 aromatic carbocycles. The highest BCUT2D eigenvalue weighted by Gasteiger charge is 2.86. The zero-order chi connectivity index (χ0) is 17.1. The summed E-state index contributed by atoms with van der Waals surface area (Å²) in [5, 5.41) is 2.59. The second kappa shape index (κ2) is 4.32. The first kappa shape index (κ1) is 18.2. The summed E-state index contributed by atoms with van der Waals surface area (Å²) in [6.07, 6.45) is -26.3. The second-order valence-corrected chi connectivity index (χ2v) is 4.97. The molecule has 0 bridgehead atoms. The van der Waals surface area contributed by atoms with Gasteiger partial charge >= 0.3 is 34.4 Å². The van der Waals surface area contributed by atoms with Crippen molar-refractivity contribution >= 4 is 11.8 Å². The molecule has 0 saturated carbocycles. The molecular weight excluding hydrogens is 360 g/mol. The van der Waals surface area contributed by atoms with Crippen LogP contribution < -0.4 is 0 Å². The molecule has 0 aromatic heterocycles. The fraction of sp³-hybridized carbons (Fsp3) is 1.00. The van der Waals surface area contributed by atoms with Gasteiger partial charge in [0.2, 0.25) is 0 Å². The molecule has 0 N–H and O–H groups in total. The predicted octanol–water partition coefficient (Wildman–Crippen LogP) is 4.83. The minimum atomic E-state index is -6.57. The van der Waals surface area contributed by atoms with Crippen molar-refractivity contribution < 1.29 is 52.7 Å².